The monoisotopic (exact) mass is 285 g/mol. The highest BCUT2D eigenvalue weighted by Gasteiger charge is 2.08. The van der Waals surface area contributed by atoms with E-state index in [2.05, 4.69) is 20.4 Å². The van der Waals surface area contributed by atoms with Crippen molar-refractivity contribution in [1.82, 2.24) is 19.6 Å². The molecule has 3 rings (SSSR count). The van der Waals surface area contributed by atoms with Crippen LogP contribution < -0.4 is 10.9 Å². The minimum absolute atomic E-state index is 0.0826. The molecule has 2 heterocycles. The molecule has 0 aliphatic rings. The molecule has 0 spiro atoms. The molecule has 0 amide bonds. The van der Waals surface area contributed by atoms with E-state index >= 15 is 0 Å². The van der Waals surface area contributed by atoms with Crippen LogP contribution in [-0.2, 0) is 0 Å². The number of benzene rings is 1. The van der Waals surface area contributed by atoms with Crippen molar-refractivity contribution < 1.29 is 5.11 Å². The lowest BCUT2D eigenvalue weighted by Crippen LogP contribution is -2.14. The Morgan fingerprint density at radius 2 is 2.05 bits per heavy atom. The van der Waals surface area contributed by atoms with E-state index in [1.807, 2.05) is 24.3 Å². The van der Waals surface area contributed by atoms with Crippen LogP contribution in [0.4, 0.5) is 5.69 Å². The van der Waals surface area contributed by atoms with Gasteiger partial charge < -0.3 is 10.4 Å². The summed E-state index contributed by atoms with van der Waals surface area (Å²) in [5.74, 6) is 0.941. The first kappa shape index (κ1) is 13.3. The van der Waals surface area contributed by atoms with E-state index in [1.54, 1.807) is 6.92 Å². The van der Waals surface area contributed by atoms with Crippen molar-refractivity contribution in [2.75, 3.05) is 18.5 Å². The number of aliphatic hydroxyl groups is 1. The maximum atomic E-state index is 11.8. The van der Waals surface area contributed by atoms with E-state index in [4.69, 9.17) is 5.11 Å². The lowest BCUT2D eigenvalue weighted by Gasteiger charge is -2.04. The third-order valence-electron chi connectivity index (χ3n) is 3.06. The zero-order valence-electron chi connectivity index (χ0n) is 11.5. The Hall–Kier alpha value is -2.67. The molecule has 0 aliphatic carbocycles. The fourth-order valence-electron chi connectivity index (χ4n) is 2.07. The summed E-state index contributed by atoms with van der Waals surface area (Å²) in [6.07, 6.45) is 0. The molecule has 108 valence electrons. The smallest absolute Gasteiger partial charge is 0.274 e. The van der Waals surface area contributed by atoms with E-state index in [0.717, 1.165) is 11.3 Å². The maximum Gasteiger partial charge on any atom is 0.274 e. The van der Waals surface area contributed by atoms with Crippen LogP contribution in [0.3, 0.4) is 0 Å². The summed E-state index contributed by atoms with van der Waals surface area (Å²) in [5, 5.41) is 14.8. The van der Waals surface area contributed by atoms with Gasteiger partial charge in [-0.2, -0.15) is 9.50 Å². The number of anilines is 1. The lowest BCUT2D eigenvalue weighted by atomic mass is 10.2. The Balaban J connectivity index is 1.96. The Labute approximate surface area is 120 Å². The van der Waals surface area contributed by atoms with Gasteiger partial charge in [0.2, 0.25) is 0 Å². The maximum absolute atomic E-state index is 11.8. The quantitative estimate of drug-likeness (QED) is 0.659. The zero-order valence-corrected chi connectivity index (χ0v) is 11.5. The molecule has 3 aromatic rings. The third-order valence-corrected chi connectivity index (χ3v) is 3.06. The van der Waals surface area contributed by atoms with Crippen LogP contribution in [0.15, 0.2) is 35.1 Å². The molecule has 0 saturated carbocycles. The van der Waals surface area contributed by atoms with E-state index in [0.29, 0.717) is 23.8 Å². The first-order valence-corrected chi connectivity index (χ1v) is 6.59. The molecular weight excluding hydrogens is 270 g/mol. The molecule has 0 unspecified atom stereocenters. The van der Waals surface area contributed by atoms with Crippen molar-refractivity contribution in [3.8, 4) is 11.4 Å². The highest BCUT2D eigenvalue weighted by atomic mass is 16.3. The first-order chi connectivity index (χ1) is 10.2. The molecule has 0 atom stereocenters. The van der Waals surface area contributed by atoms with Gasteiger partial charge in [-0.3, -0.25) is 9.89 Å². The average Bonchev–Trinajstić information content (AvgIpc) is 2.90. The zero-order chi connectivity index (χ0) is 14.8. The van der Waals surface area contributed by atoms with Crippen LogP contribution in [0.2, 0.25) is 0 Å². The molecule has 2 aromatic heterocycles. The standard InChI is InChI=1S/C14H15N5O2/c1-9-8-12(21)19-14(16-9)17-13(18-19)10-2-4-11(5-3-10)15-6-7-20/h2-5,8,15,20H,6-7H2,1H3,(H,16,17,18). The van der Waals surface area contributed by atoms with Crippen molar-refractivity contribution >= 4 is 11.5 Å². The summed E-state index contributed by atoms with van der Waals surface area (Å²) in [4.78, 5) is 20.4. The van der Waals surface area contributed by atoms with Gasteiger partial charge in [0.05, 0.1) is 6.61 Å². The number of aromatic amines is 1. The van der Waals surface area contributed by atoms with Crippen LogP contribution in [-0.4, -0.2) is 37.8 Å². The molecule has 0 radical (unpaired) electrons. The summed E-state index contributed by atoms with van der Waals surface area (Å²) in [6, 6.07) is 9.00. The van der Waals surface area contributed by atoms with Gasteiger partial charge in [0.15, 0.2) is 5.82 Å². The minimum Gasteiger partial charge on any atom is -0.395 e. The molecule has 1 aromatic carbocycles. The molecule has 3 N–H and O–H groups in total. The highest BCUT2D eigenvalue weighted by molar-refractivity contribution is 5.61. The highest BCUT2D eigenvalue weighted by Crippen LogP contribution is 2.18. The molecule has 7 heteroatoms. The van der Waals surface area contributed by atoms with E-state index < -0.39 is 0 Å². The van der Waals surface area contributed by atoms with Crippen molar-refractivity contribution in [2.45, 2.75) is 6.92 Å². The molecule has 0 bridgehead atoms. The van der Waals surface area contributed by atoms with Crippen LogP contribution in [0.25, 0.3) is 17.2 Å². The fourth-order valence-corrected chi connectivity index (χ4v) is 2.07. The van der Waals surface area contributed by atoms with Crippen molar-refractivity contribution in [3.63, 3.8) is 0 Å². The predicted octanol–water partition coefficient (Wildman–Crippen LogP) is 0.797. The average molecular weight is 285 g/mol. The number of aryl methyl sites for hydroxylation is 1. The van der Waals surface area contributed by atoms with Gasteiger partial charge in [0.25, 0.3) is 11.3 Å². The largest absolute Gasteiger partial charge is 0.395 e. The summed E-state index contributed by atoms with van der Waals surface area (Å²) >= 11 is 0. The van der Waals surface area contributed by atoms with Gasteiger partial charge >= 0.3 is 0 Å². The van der Waals surface area contributed by atoms with Crippen molar-refractivity contribution in [3.05, 3.63) is 46.4 Å². The Morgan fingerprint density at radius 1 is 1.29 bits per heavy atom. The molecule has 0 saturated heterocycles. The second kappa shape index (κ2) is 5.37. The number of aromatic nitrogens is 4. The number of rotatable bonds is 4. The van der Waals surface area contributed by atoms with E-state index in [9.17, 15) is 4.79 Å². The van der Waals surface area contributed by atoms with Crippen molar-refractivity contribution in [1.29, 1.82) is 0 Å². The molecule has 7 nitrogen and oxygen atoms in total. The number of H-pyrrole nitrogens is 1. The number of hydrogen-bond donors (Lipinski definition) is 3. The second-order valence-corrected chi connectivity index (χ2v) is 4.67. The minimum atomic E-state index is -0.183. The van der Waals surface area contributed by atoms with Gasteiger partial charge in [-0.05, 0) is 31.2 Å². The van der Waals surface area contributed by atoms with Crippen LogP contribution in [0.1, 0.15) is 5.69 Å². The van der Waals surface area contributed by atoms with Gasteiger partial charge in [-0.1, -0.05) is 0 Å². The topological polar surface area (TPSA) is 95.3 Å². The Bertz CT molecular complexity index is 819. The molecule has 21 heavy (non-hydrogen) atoms. The summed E-state index contributed by atoms with van der Waals surface area (Å²) in [7, 11) is 0. The normalized spacial score (nSPS) is 11.0. The van der Waals surface area contributed by atoms with Gasteiger partial charge in [-0.25, -0.2) is 4.98 Å². The number of nitrogens with one attached hydrogen (secondary N) is 2. The Kier molecular flexibility index (Phi) is 3.41. The number of hydrogen-bond acceptors (Lipinski definition) is 5. The third kappa shape index (κ3) is 2.63. The van der Waals surface area contributed by atoms with Gasteiger partial charge in [0, 0.05) is 29.6 Å². The van der Waals surface area contributed by atoms with E-state index in [-0.39, 0.29) is 12.2 Å². The number of nitrogens with zero attached hydrogens (tertiary/aromatic N) is 3. The van der Waals surface area contributed by atoms with Crippen LogP contribution in [0.5, 0.6) is 0 Å². The van der Waals surface area contributed by atoms with Crippen LogP contribution in [0, 0.1) is 6.92 Å². The summed E-state index contributed by atoms with van der Waals surface area (Å²) in [6.45, 7) is 2.35. The van der Waals surface area contributed by atoms with Crippen molar-refractivity contribution in [2.24, 2.45) is 0 Å². The first-order valence-electron chi connectivity index (χ1n) is 6.59. The predicted molar refractivity (Wildman–Crippen MR) is 79.4 cm³/mol. The number of fused-ring (bicyclic) bond motifs is 1. The van der Waals surface area contributed by atoms with E-state index in [1.165, 1.54) is 10.6 Å². The second-order valence-electron chi connectivity index (χ2n) is 4.67. The Morgan fingerprint density at radius 3 is 2.76 bits per heavy atom. The molecular formula is C14H15N5O2. The molecule has 0 aliphatic heterocycles. The van der Waals surface area contributed by atoms with Gasteiger partial charge in [-0.15, -0.1) is 0 Å². The summed E-state index contributed by atoms with van der Waals surface area (Å²) < 4.78 is 1.32. The SMILES string of the molecule is Cc1cc(=O)n2[nH]c(-c3ccc(NCCO)cc3)nc2n1. The summed E-state index contributed by atoms with van der Waals surface area (Å²) in [5.41, 5.74) is 2.22. The lowest BCUT2D eigenvalue weighted by molar-refractivity contribution is 0.311. The number of aliphatic hydroxyl groups excluding tert-OH is 1. The molecule has 0 fully saturated rings. The van der Waals surface area contributed by atoms with Gasteiger partial charge in [0.1, 0.15) is 0 Å². The van der Waals surface area contributed by atoms with Crippen LogP contribution >= 0.6 is 0 Å². The fraction of sp³-hybridized carbons (Fsp3) is 0.214.